The summed E-state index contributed by atoms with van der Waals surface area (Å²) < 4.78 is 12.2. The maximum atomic E-state index is 11.9. The Bertz CT molecular complexity index is 588. The van der Waals surface area contributed by atoms with Gasteiger partial charge in [-0.1, -0.05) is 0 Å². The van der Waals surface area contributed by atoms with E-state index in [0.29, 0.717) is 24.7 Å². The second kappa shape index (κ2) is 5.85. The van der Waals surface area contributed by atoms with Crippen LogP contribution in [-0.4, -0.2) is 40.2 Å². The predicted octanol–water partition coefficient (Wildman–Crippen LogP) is 0.763. The number of carbonyl (C=O) groups is 1. The molecule has 0 aromatic carbocycles. The van der Waals surface area contributed by atoms with Crippen LogP contribution in [0.25, 0.3) is 0 Å². The average molecular weight is 294 g/mol. The zero-order valence-corrected chi connectivity index (χ0v) is 11.7. The van der Waals surface area contributed by atoms with Gasteiger partial charge >= 0.3 is 5.97 Å². The van der Waals surface area contributed by atoms with E-state index in [9.17, 15) is 9.59 Å². The molecule has 1 saturated heterocycles. The number of ether oxygens (including phenoxy) is 2. The Morgan fingerprint density at radius 3 is 2.71 bits per heavy atom. The van der Waals surface area contributed by atoms with Gasteiger partial charge in [-0.25, -0.2) is 4.68 Å². The van der Waals surface area contributed by atoms with Crippen LogP contribution in [0.5, 0.6) is 5.75 Å². The van der Waals surface area contributed by atoms with Gasteiger partial charge in [-0.05, 0) is 12.8 Å². The molecule has 2 aliphatic rings. The van der Waals surface area contributed by atoms with Crippen molar-refractivity contribution in [2.75, 3.05) is 13.2 Å². The van der Waals surface area contributed by atoms with Gasteiger partial charge in [0.15, 0.2) is 0 Å². The molecule has 2 fully saturated rings. The van der Waals surface area contributed by atoms with E-state index in [4.69, 9.17) is 14.6 Å². The molecule has 1 aromatic heterocycles. The van der Waals surface area contributed by atoms with Crippen LogP contribution in [0, 0.1) is 0 Å². The number of aromatic nitrogens is 2. The third-order valence-corrected chi connectivity index (χ3v) is 3.70. The molecule has 0 radical (unpaired) electrons. The number of hydrogen-bond donors (Lipinski definition) is 1. The number of carboxylic acids is 1. The van der Waals surface area contributed by atoms with Crippen molar-refractivity contribution in [1.29, 1.82) is 0 Å². The van der Waals surface area contributed by atoms with Crippen LogP contribution in [0.15, 0.2) is 10.9 Å². The molecule has 1 aliphatic heterocycles. The molecule has 0 amide bonds. The highest BCUT2D eigenvalue weighted by Crippen LogP contribution is 2.42. The summed E-state index contributed by atoms with van der Waals surface area (Å²) in [4.78, 5) is 22.7. The normalized spacial score (nSPS) is 19.4. The highest BCUT2D eigenvalue weighted by Gasteiger charge is 2.31. The molecule has 7 heteroatoms. The SMILES string of the molecule is O=C(O)Cn1nc(C2CC2)c(OC2CCOCC2)cc1=O. The number of rotatable bonds is 5. The third-order valence-electron chi connectivity index (χ3n) is 3.70. The fourth-order valence-electron chi connectivity index (χ4n) is 2.44. The van der Waals surface area contributed by atoms with Crippen molar-refractivity contribution in [1.82, 2.24) is 9.78 Å². The van der Waals surface area contributed by atoms with E-state index < -0.39 is 18.1 Å². The Balaban J connectivity index is 1.86. The van der Waals surface area contributed by atoms with Crippen molar-refractivity contribution in [3.8, 4) is 5.75 Å². The van der Waals surface area contributed by atoms with Crippen LogP contribution in [0.2, 0.25) is 0 Å². The van der Waals surface area contributed by atoms with Gasteiger partial charge in [0.2, 0.25) is 0 Å². The highest BCUT2D eigenvalue weighted by molar-refractivity contribution is 5.66. The smallest absolute Gasteiger partial charge is 0.325 e. The van der Waals surface area contributed by atoms with E-state index in [1.807, 2.05) is 0 Å². The Kier molecular flexibility index (Phi) is 3.92. The summed E-state index contributed by atoms with van der Waals surface area (Å²) in [7, 11) is 0. The lowest BCUT2D eigenvalue weighted by Crippen LogP contribution is -2.30. The molecule has 7 nitrogen and oxygen atoms in total. The Hall–Kier alpha value is -1.89. The summed E-state index contributed by atoms with van der Waals surface area (Å²) in [5.74, 6) is -0.291. The first-order valence-electron chi connectivity index (χ1n) is 7.22. The molecule has 2 heterocycles. The lowest BCUT2D eigenvalue weighted by Gasteiger charge is -2.24. The van der Waals surface area contributed by atoms with Crippen molar-refractivity contribution in [3.63, 3.8) is 0 Å². The van der Waals surface area contributed by atoms with Crippen LogP contribution in [0.1, 0.15) is 37.3 Å². The van der Waals surface area contributed by atoms with Gasteiger partial charge in [0, 0.05) is 24.8 Å². The molecular formula is C14H18N2O5. The highest BCUT2D eigenvalue weighted by atomic mass is 16.5. The van der Waals surface area contributed by atoms with E-state index in [2.05, 4.69) is 5.10 Å². The maximum Gasteiger partial charge on any atom is 0.325 e. The van der Waals surface area contributed by atoms with Crippen LogP contribution in [0.4, 0.5) is 0 Å². The van der Waals surface area contributed by atoms with Gasteiger partial charge in [0.05, 0.1) is 13.2 Å². The summed E-state index contributed by atoms with van der Waals surface area (Å²) in [5, 5.41) is 13.0. The molecule has 0 bridgehead atoms. The van der Waals surface area contributed by atoms with Gasteiger partial charge in [0.1, 0.15) is 24.1 Å². The number of hydrogen-bond acceptors (Lipinski definition) is 5. The minimum absolute atomic E-state index is 0.0350. The standard InChI is InChI=1S/C14H18N2O5/c17-12-7-11(21-10-3-5-20-6-4-10)14(9-1-2-9)15-16(12)8-13(18)19/h7,9-10H,1-6,8H2,(H,18,19). The van der Waals surface area contributed by atoms with E-state index in [-0.39, 0.29) is 12.0 Å². The largest absolute Gasteiger partial charge is 0.488 e. The minimum Gasteiger partial charge on any atom is -0.488 e. The zero-order chi connectivity index (χ0) is 14.8. The first kappa shape index (κ1) is 14.1. The number of carboxylic acid groups (broad SMARTS) is 1. The molecule has 0 spiro atoms. The van der Waals surface area contributed by atoms with Gasteiger partial charge in [0.25, 0.3) is 5.56 Å². The average Bonchev–Trinajstić information content (AvgIpc) is 3.27. The fourth-order valence-corrected chi connectivity index (χ4v) is 2.44. The summed E-state index contributed by atoms with van der Waals surface area (Å²) >= 11 is 0. The Morgan fingerprint density at radius 1 is 1.38 bits per heavy atom. The molecule has 1 aliphatic carbocycles. The lowest BCUT2D eigenvalue weighted by molar-refractivity contribution is -0.138. The Labute approximate surface area is 121 Å². The topological polar surface area (TPSA) is 90.7 Å². The summed E-state index contributed by atoms with van der Waals surface area (Å²) in [6, 6.07) is 1.37. The molecular weight excluding hydrogens is 276 g/mol. The second-order valence-corrected chi connectivity index (χ2v) is 5.49. The zero-order valence-electron chi connectivity index (χ0n) is 11.7. The molecule has 1 saturated carbocycles. The predicted molar refractivity (Wildman–Crippen MR) is 72.6 cm³/mol. The van der Waals surface area contributed by atoms with E-state index >= 15 is 0 Å². The minimum atomic E-state index is -1.08. The summed E-state index contributed by atoms with van der Waals surface area (Å²) in [6.07, 6.45) is 3.63. The Morgan fingerprint density at radius 2 is 2.10 bits per heavy atom. The molecule has 1 N–H and O–H groups in total. The molecule has 21 heavy (non-hydrogen) atoms. The molecule has 3 rings (SSSR count). The van der Waals surface area contributed by atoms with Crippen molar-refractivity contribution < 1.29 is 19.4 Å². The number of aliphatic carboxylic acids is 1. The van der Waals surface area contributed by atoms with Gasteiger partial charge in [-0.3, -0.25) is 9.59 Å². The molecule has 0 unspecified atom stereocenters. The molecule has 0 atom stereocenters. The van der Waals surface area contributed by atoms with Crippen LogP contribution in [0.3, 0.4) is 0 Å². The van der Waals surface area contributed by atoms with E-state index in [1.165, 1.54) is 6.07 Å². The second-order valence-electron chi connectivity index (χ2n) is 5.49. The van der Waals surface area contributed by atoms with Crippen molar-refractivity contribution in [2.24, 2.45) is 0 Å². The molecule has 1 aromatic rings. The van der Waals surface area contributed by atoms with Crippen LogP contribution < -0.4 is 10.3 Å². The van der Waals surface area contributed by atoms with E-state index in [0.717, 1.165) is 30.4 Å². The quantitative estimate of drug-likeness (QED) is 0.862. The van der Waals surface area contributed by atoms with Crippen molar-refractivity contribution >= 4 is 5.97 Å². The molecule has 114 valence electrons. The van der Waals surface area contributed by atoms with Crippen LogP contribution in [-0.2, 0) is 16.1 Å². The van der Waals surface area contributed by atoms with Gasteiger partial charge < -0.3 is 14.6 Å². The summed E-state index contributed by atoms with van der Waals surface area (Å²) in [6.45, 7) is 0.899. The van der Waals surface area contributed by atoms with Crippen molar-refractivity contribution in [3.05, 3.63) is 22.1 Å². The summed E-state index contributed by atoms with van der Waals surface area (Å²) in [5.41, 5.74) is 0.270. The monoisotopic (exact) mass is 294 g/mol. The first-order valence-corrected chi connectivity index (χ1v) is 7.22. The fraction of sp³-hybridized carbons (Fsp3) is 0.643. The first-order chi connectivity index (χ1) is 10.1. The maximum absolute atomic E-state index is 11.9. The van der Waals surface area contributed by atoms with Gasteiger partial charge in [-0.2, -0.15) is 5.10 Å². The van der Waals surface area contributed by atoms with E-state index in [1.54, 1.807) is 0 Å². The third kappa shape index (κ3) is 3.41. The lowest BCUT2D eigenvalue weighted by atomic mass is 10.1. The van der Waals surface area contributed by atoms with Crippen LogP contribution >= 0.6 is 0 Å². The van der Waals surface area contributed by atoms with Crippen molar-refractivity contribution in [2.45, 2.75) is 44.2 Å². The number of nitrogens with zero attached hydrogens (tertiary/aromatic N) is 2. The van der Waals surface area contributed by atoms with Gasteiger partial charge in [-0.15, -0.1) is 0 Å².